The van der Waals surface area contributed by atoms with Crippen molar-refractivity contribution in [2.45, 2.75) is 46.1 Å². The maximum absolute atomic E-state index is 5.30. The number of rotatable bonds is 1. The van der Waals surface area contributed by atoms with Gasteiger partial charge in [0.15, 0.2) is 5.96 Å². The van der Waals surface area contributed by atoms with Gasteiger partial charge in [-0.3, -0.25) is 4.99 Å². The van der Waals surface area contributed by atoms with E-state index in [-0.39, 0.29) is 13.4 Å². The van der Waals surface area contributed by atoms with Crippen molar-refractivity contribution >= 4 is 5.96 Å². The molecule has 0 amide bonds. The largest absolute Gasteiger partial charge is 0.370 e. The van der Waals surface area contributed by atoms with Crippen molar-refractivity contribution in [1.82, 2.24) is 0 Å². The summed E-state index contributed by atoms with van der Waals surface area (Å²) in [6.45, 7) is 2.26. The number of hydrogen-bond donors (Lipinski definition) is 2. The van der Waals surface area contributed by atoms with E-state index < -0.39 is 0 Å². The lowest BCUT2D eigenvalue weighted by atomic mass is 9.87. The lowest BCUT2D eigenvalue weighted by Gasteiger charge is -2.23. The number of nitrogens with zero attached hydrogens (tertiary/aromatic N) is 1. The fourth-order valence-electron chi connectivity index (χ4n) is 1.73. The lowest BCUT2D eigenvalue weighted by molar-refractivity contribution is 0.345. The maximum Gasteiger partial charge on any atom is 0.186 e. The summed E-state index contributed by atoms with van der Waals surface area (Å²) in [7, 11) is 0. The topological polar surface area (TPSA) is 64.4 Å². The molecule has 4 N–H and O–H groups in total. The first-order chi connectivity index (χ1) is 5.18. The summed E-state index contributed by atoms with van der Waals surface area (Å²) in [6.07, 6.45) is 4.90. The third-order valence-electron chi connectivity index (χ3n) is 2.24. The van der Waals surface area contributed by atoms with E-state index in [2.05, 4.69) is 11.9 Å². The van der Waals surface area contributed by atoms with Crippen molar-refractivity contribution in [2.75, 3.05) is 0 Å². The first-order valence-corrected chi connectivity index (χ1v) is 4.27. The Bertz CT molecular complexity index is 150. The van der Waals surface area contributed by atoms with Gasteiger partial charge in [-0.05, 0) is 18.8 Å². The van der Waals surface area contributed by atoms with Gasteiger partial charge in [0.05, 0.1) is 6.04 Å². The SMILES string of the molecule is C.CC1CCCC(N=C(N)N)C1. The summed E-state index contributed by atoms with van der Waals surface area (Å²) in [5.74, 6) is 1.03. The van der Waals surface area contributed by atoms with Gasteiger partial charge in [-0.15, -0.1) is 0 Å². The highest BCUT2D eigenvalue weighted by Gasteiger charge is 2.17. The van der Waals surface area contributed by atoms with Crippen LogP contribution in [-0.4, -0.2) is 12.0 Å². The highest BCUT2D eigenvalue weighted by Crippen LogP contribution is 2.25. The minimum atomic E-state index is 0. The van der Waals surface area contributed by atoms with Crippen LogP contribution in [0.15, 0.2) is 4.99 Å². The molecule has 0 aromatic carbocycles. The second kappa shape index (κ2) is 5.01. The summed E-state index contributed by atoms with van der Waals surface area (Å²) in [4.78, 5) is 4.16. The summed E-state index contributed by atoms with van der Waals surface area (Å²) in [5.41, 5.74) is 10.6. The zero-order chi connectivity index (χ0) is 8.27. The molecule has 72 valence electrons. The molecule has 0 aromatic heterocycles. The number of aliphatic imine (C=N–C) groups is 1. The molecule has 1 saturated carbocycles. The predicted molar refractivity (Wildman–Crippen MR) is 54.0 cm³/mol. The third-order valence-corrected chi connectivity index (χ3v) is 2.24. The molecule has 3 heteroatoms. The summed E-state index contributed by atoms with van der Waals surface area (Å²) < 4.78 is 0. The number of hydrogen-bond acceptors (Lipinski definition) is 1. The zero-order valence-corrected chi connectivity index (χ0v) is 7.09. The minimum Gasteiger partial charge on any atom is -0.370 e. The van der Waals surface area contributed by atoms with Crippen molar-refractivity contribution in [1.29, 1.82) is 0 Å². The van der Waals surface area contributed by atoms with Crippen molar-refractivity contribution in [3.05, 3.63) is 0 Å². The molecular weight excluding hydrogens is 150 g/mol. The first-order valence-electron chi connectivity index (χ1n) is 4.27. The Morgan fingerprint density at radius 3 is 2.50 bits per heavy atom. The van der Waals surface area contributed by atoms with Gasteiger partial charge in [0, 0.05) is 0 Å². The second-order valence-corrected chi connectivity index (χ2v) is 3.48. The molecule has 0 heterocycles. The Morgan fingerprint density at radius 1 is 1.33 bits per heavy atom. The van der Waals surface area contributed by atoms with E-state index in [1.54, 1.807) is 0 Å². The van der Waals surface area contributed by atoms with E-state index in [1.165, 1.54) is 12.8 Å². The van der Waals surface area contributed by atoms with Crippen molar-refractivity contribution < 1.29 is 0 Å². The Balaban J connectivity index is 0.00000121. The molecule has 0 aromatic rings. The predicted octanol–water partition coefficient (Wildman–Crippen LogP) is 1.47. The second-order valence-electron chi connectivity index (χ2n) is 3.48. The van der Waals surface area contributed by atoms with Crippen LogP contribution in [0.5, 0.6) is 0 Å². The molecule has 0 spiro atoms. The normalized spacial score (nSPS) is 28.8. The Kier molecular flexibility index (Phi) is 4.71. The average Bonchev–Trinajstić information content (AvgIpc) is 1.85. The quantitative estimate of drug-likeness (QED) is 0.463. The molecule has 1 rings (SSSR count). The lowest BCUT2D eigenvalue weighted by Crippen LogP contribution is -2.27. The van der Waals surface area contributed by atoms with E-state index in [0.29, 0.717) is 6.04 Å². The summed E-state index contributed by atoms with van der Waals surface area (Å²) in [5, 5.41) is 0. The summed E-state index contributed by atoms with van der Waals surface area (Å²) >= 11 is 0. The van der Waals surface area contributed by atoms with E-state index in [4.69, 9.17) is 11.5 Å². The highest BCUT2D eigenvalue weighted by molar-refractivity contribution is 5.75. The standard InChI is InChI=1S/C8H17N3.CH4/c1-6-3-2-4-7(5-6)11-8(9)10;/h6-7H,2-5H2,1H3,(H4,9,10,11);1H4. The van der Waals surface area contributed by atoms with Crippen LogP contribution in [-0.2, 0) is 0 Å². The van der Waals surface area contributed by atoms with Gasteiger partial charge in [-0.25, -0.2) is 0 Å². The van der Waals surface area contributed by atoms with Gasteiger partial charge < -0.3 is 11.5 Å². The van der Waals surface area contributed by atoms with Crippen LogP contribution in [0.3, 0.4) is 0 Å². The van der Waals surface area contributed by atoms with E-state index in [0.717, 1.165) is 18.8 Å². The first kappa shape index (κ1) is 11.3. The molecule has 1 aliphatic rings. The van der Waals surface area contributed by atoms with E-state index >= 15 is 0 Å². The van der Waals surface area contributed by atoms with Gasteiger partial charge in [-0.2, -0.15) is 0 Å². The van der Waals surface area contributed by atoms with Gasteiger partial charge >= 0.3 is 0 Å². The monoisotopic (exact) mass is 171 g/mol. The van der Waals surface area contributed by atoms with Crippen molar-refractivity contribution in [3.8, 4) is 0 Å². The number of nitrogens with two attached hydrogens (primary N) is 2. The Morgan fingerprint density at radius 2 is 2.00 bits per heavy atom. The van der Waals surface area contributed by atoms with E-state index in [1.807, 2.05) is 0 Å². The highest BCUT2D eigenvalue weighted by atomic mass is 15.0. The molecule has 1 fully saturated rings. The van der Waals surface area contributed by atoms with Crippen LogP contribution >= 0.6 is 0 Å². The summed E-state index contributed by atoms with van der Waals surface area (Å²) in [6, 6.07) is 0.392. The molecule has 1 aliphatic carbocycles. The van der Waals surface area contributed by atoms with E-state index in [9.17, 15) is 0 Å². The maximum atomic E-state index is 5.30. The van der Waals surface area contributed by atoms with Crippen molar-refractivity contribution in [3.63, 3.8) is 0 Å². The molecule has 2 unspecified atom stereocenters. The Labute approximate surface area is 75.2 Å². The van der Waals surface area contributed by atoms with Gasteiger partial charge in [-0.1, -0.05) is 27.2 Å². The minimum absolute atomic E-state index is 0. The third kappa shape index (κ3) is 3.60. The van der Waals surface area contributed by atoms with Gasteiger partial charge in [0.25, 0.3) is 0 Å². The van der Waals surface area contributed by atoms with Crippen LogP contribution in [0.4, 0.5) is 0 Å². The molecule has 0 bridgehead atoms. The fraction of sp³-hybridized carbons (Fsp3) is 0.889. The van der Waals surface area contributed by atoms with Crippen LogP contribution in [0.1, 0.15) is 40.0 Å². The van der Waals surface area contributed by atoms with Crippen molar-refractivity contribution in [2.24, 2.45) is 22.4 Å². The molecule has 3 nitrogen and oxygen atoms in total. The van der Waals surface area contributed by atoms with Gasteiger partial charge in [0.1, 0.15) is 0 Å². The molecule has 0 radical (unpaired) electrons. The zero-order valence-electron chi connectivity index (χ0n) is 7.09. The molecule has 0 aliphatic heterocycles. The number of guanidine groups is 1. The van der Waals surface area contributed by atoms with Crippen LogP contribution < -0.4 is 11.5 Å². The molecule has 12 heavy (non-hydrogen) atoms. The average molecular weight is 171 g/mol. The molecular formula is C9H21N3. The molecule has 0 saturated heterocycles. The molecule has 2 atom stereocenters. The smallest absolute Gasteiger partial charge is 0.186 e. The van der Waals surface area contributed by atoms with Crippen LogP contribution in [0.2, 0.25) is 0 Å². The van der Waals surface area contributed by atoms with Crippen LogP contribution in [0.25, 0.3) is 0 Å². The van der Waals surface area contributed by atoms with Crippen LogP contribution in [0, 0.1) is 5.92 Å². The fourth-order valence-corrected chi connectivity index (χ4v) is 1.73. The van der Waals surface area contributed by atoms with Gasteiger partial charge in [0.2, 0.25) is 0 Å². The Hall–Kier alpha value is -0.730.